The van der Waals surface area contributed by atoms with Crippen LogP contribution < -0.4 is 0 Å². The molecule has 4 nitrogen and oxygen atoms in total. The number of hydrogen-bond acceptors (Lipinski definition) is 3. The molecule has 8 heteroatoms. The molecule has 1 rings (SSSR count). The molecule has 0 bridgehead atoms. The smallest absolute Gasteiger partial charge is 0.346 e. The van der Waals surface area contributed by atoms with Gasteiger partial charge in [0.2, 0.25) is 0 Å². The second-order valence-electron chi connectivity index (χ2n) is 4.77. The first kappa shape index (κ1) is 14.8. The Bertz CT molecular complexity index is 449. The van der Waals surface area contributed by atoms with E-state index in [1.165, 1.54) is 0 Å². The zero-order valence-electron chi connectivity index (χ0n) is 10.0. The highest BCUT2D eigenvalue weighted by molar-refractivity contribution is 6.13. The number of hydrogen-bond donors (Lipinski definition) is 0. The monoisotopic (exact) mass is 284 g/mol. The molecule has 0 aromatic carbocycles. The first-order chi connectivity index (χ1) is 8.05. The van der Waals surface area contributed by atoms with Gasteiger partial charge in [-0.3, -0.25) is 0 Å². The Labute approximate surface area is 107 Å². The molecule has 102 valence electrons. The minimum absolute atomic E-state index is 0.234. The highest BCUT2D eigenvalue weighted by atomic mass is 35.5. The highest BCUT2D eigenvalue weighted by Crippen LogP contribution is 2.32. The molecule has 0 aliphatic carbocycles. The van der Waals surface area contributed by atoms with Crippen LogP contribution in [0.3, 0.4) is 0 Å². The molecule has 0 fully saturated rings. The van der Waals surface area contributed by atoms with E-state index in [1.807, 2.05) is 0 Å². The zero-order valence-corrected chi connectivity index (χ0v) is 10.8. The maximum Gasteiger partial charge on any atom is 0.433 e. The molecular formula is C10H12ClF3N2O2. The second kappa shape index (κ2) is 4.79. The van der Waals surface area contributed by atoms with Crippen LogP contribution in [0, 0.1) is 0 Å². The molecular weight excluding hydrogens is 273 g/mol. The lowest BCUT2D eigenvalue weighted by Crippen LogP contribution is -2.19. The van der Waals surface area contributed by atoms with E-state index in [0.29, 0.717) is 4.68 Å². The van der Waals surface area contributed by atoms with E-state index in [-0.39, 0.29) is 5.69 Å². The molecule has 1 aromatic rings. The molecule has 18 heavy (non-hydrogen) atoms. The molecule has 1 heterocycles. The number of rotatable bonds is 2. The van der Waals surface area contributed by atoms with Crippen LogP contribution in [0.4, 0.5) is 13.2 Å². The zero-order chi connectivity index (χ0) is 14.1. The van der Waals surface area contributed by atoms with E-state index in [4.69, 9.17) is 11.9 Å². The quantitative estimate of drug-likeness (QED) is 0.839. The standard InChI is InChI=1S/C10H12ClF3N2O2/c1-9(2,3)6-4-7(10(12,13)14)16(15-6)5-8(17)18-11/h4H,5H2,1-3H3. The molecule has 0 N–H and O–H groups in total. The fourth-order valence-electron chi connectivity index (χ4n) is 1.28. The lowest BCUT2D eigenvalue weighted by atomic mass is 9.92. The summed E-state index contributed by atoms with van der Waals surface area (Å²) in [6.45, 7) is 4.48. The summed E-state index contributed by atoms with van der Waals surface area (Å²) in [7, 11) is 0. The Morgan fingerprint density at radius 2 is 2.00 bits per heavy atom. The van der Waals surface area contributed by atoms with Gasteiger partial charge in [-0.05, 0) is 6.07 Å². The summed E-state index contributed by atoms with van der Waals surface area (Å²) >= 11 is 4.79. The SMILES string of the molecule is CC(C)(C)c1cc(C(F)(F)F)n(CC(=O)OCl)n1. The topological polar surface area (TPSA) is 44.1 Å². The van der Waals surface area contributed by atoms with Crippen molar-refractivity contribution in [3.05, 3.63) is 17.5 Å². The number of carbonyl (C=O) groups is 1. The summed E-state index contributed by atoms with van der Waals surface area (Å²) in [4.78, 5) is 10.9. The molecule has 0 saturated heterocycles. The van der Waals surface area contributed by atoms with Crippen molar-refractivity contribution < 1.29 is 22.3 Å². The van der Waals surface area contributed by atoms with Crippen molar-refractivity contribution >= 4 is 17.8 Å². The summed E-state index contributed by atoms with van der Waals surface area (Å²) in [6.07, 6.45) is -4.59. The van der Waals surface area contributed by atoms with Crippen LogP contribution in [0.1, 0.15) is 32.2 Å². The van der Waals surface area contributed by atoms with Crippen molar-refractivity contribution in [1.29, 1.82) is 0 Å². The van der Waals surface area contributed by atoms with E-state index in [2.05, 4.69) is 9.39 Å². The maximum absolute atomic E-state index is 12.8. The average molecular weight is 285 g/mol. The van der Waals surface area contributed by atoms with Crippen LogP contribution in [0.2, 0.25) is 0 Å². The van der Waals surface area contributed by atoms with Crippen molar-refractivity contribution in [2.75, 3.05) is 0 Å². The van der Waals surface area contributed by atoms with E-state index < -0.39 is 29.8 Å². The largest absolute Gasteiger partial charge is 0.433 e. The molecule has 0 amide bonds. The Morgan fingerprint density at radius 3 is 2.39 bits per heavy atom. The van der Waals surface area contributed by atoms with Crippen molar-refractivity contribution in [2.24, 2.45) is 0 Å². The Morgan fingerprint density at radius 1 is 1.44 bits per heavy atom. The molecule has 0 unspecified atom stereocenters. The fraction of sp³-hybridized carbons (Fsp3) is 0.600. The van der Waals surface area contributed by atoms with E-state index in [0.717, 1.165) is 6.07 Å². The van der Waals surface area contributed by atoms with Gasteiger partial charge >= 0.3 is 12.1 Å². The number of halogens is 4. The summed E-state index contributed by atoms with van der Waals surface area (Å²) in [5, 5.41) is 3.77. The van der Waals surface area contributed by atoms with E-state index >= 15 is 0 Å². The summed E-state index contributed by atoms with van der Waals surface area (Å²) in [5.41, 5.74) is -1.33. The van der Waals surface area contributed by atoms with Crippen molar-refractivity contribution in [3.63, 3.8) is 0 Å². The number of aromatic nitrogens is 2. The first-order valence-electron chi connectivity index (χ1n) is 5.02. The van der Waals surface area contributed by atoms with Gasteiger partial charge in [0, 0.05) is 5.41 Å². The van der Waals surface area contributed by atoms with Gasteiger partial charge in [-0.1, -0.05) is 20.8 Å². The van der Waals surface area contributed by atoms with Gasteiger partial charge < -0.3 is 4.29 Å². The Hall–Kier alpha value is -1.24. The maximum atomic E-state index is 12.8. The van der Waals surface area contributed by atoms with Crippen LogP contribution >= 0.6 is 11.9 Å². The second-order valence-corrected chi connectivity index (χ2v) is 4.92. The minimum Gasteiger partial charge on any atom is -0.346 e. The molecule has 0 atom stereocenters. The van der Waals surface area contributed by atoms with E-state index in [9.17, 15) is 18.0 Å². The van der Waals surface area contributed by atoms with Gasteiger partial charge in [-0.2, -0.15) is 18.3 Å². The molecule has 0 spiro atoms. The minimum atomic E-state index is -4.59. The molecule has 1 aromatic heterocycles. The lowest BCUT2D eigenvalue weighted by molar-refractivity contribution is -0.146. The summed E-state index contributed by atoms with van der Waals surface area (Å²) < 4.78 is 42.6. The van der Waals surface area contributed by atoms with Crippen LogP contribution in [0.5, 0.6) is 0 Å². The summed E-state index contributed by atoms with van der Waals surface area (Å²) in [5.74, 6) is -1.01. The normalized spacial score (nSPS) is 12.6. The summed E-state index contributed by atoms with van der Waals surface area (Å²) in [6, 6.07) is 0.918. The van der Waals surface area contributed by atoms with Crippen LogP contribution in [0.25, 0.3) is 0 Å². The molecule has 0 aliphatic heterocycles. The van der Waals surface area contributed by atoms with Gasteiger partial charge in [0.1, 0.15) is 24.1 Å². The number of carbonyl (C=O) groups excluding carboxylic acids is 1. The fourth-order valence-corrected chi connectivity index (χ4v) is 1.33. The van der Waals surface area contributed by atoms with E-state index in [1.54, 1.807) is 20.8 Å². The van der Waals surface area contributed by atoms with Crippen LogP contribution in [-0.2, 0) is 27.2 Å². The third-order valence-electron chi connectivity index (χ3n) is 2.20. The highest BCUT2D eigenvalue weighted by Gasteiger charge is 2.37. The number of nitrogens with zero attached hydrogens (tertiary/aromatic N) is 2. The third kappa shape index (κ3) is 3.38. The average Bonchev–Trinajstić information content (AvgIpc) is 2.60. The van der Waals surface area contributed by atoms with Crippen LogP contribution in [-0.4, -0.2) is 15.7 Å². The molecule has 0 radical (unpaired) electrons. The molecule has 0 saturated carbocycles. The van der Waals surface area contributed by atoms with Crippen molar-refractivity contribution in [3.8, 4) is 0 Å². The third-order valence-corrected chi connectivity index (χ3v) is 2.38. The molecule has 0 aliphatic rings. The van der Waals surface area contributed by atoms with Crippen molar-refractivity contribution in [2.45, 2.75) is 38.9 Å². The van der Waals surface area contributed by atoms with Crippen LogP contribution in [0.15, 0.2) is 6.07 Å². The lowest BCUT2D eigenvalue weighted by Gasteiger charge is -2.14. The number of alkyl halides is 3. The van der Waals surface area contributed by atoms with Gasteiger partial charge in [-0.15, -0.1) is 0 Å². The predicted molar refractivity (Wildman–Crippen MR) is 57.9 cm³/mol. The first-order valence-corrected chi connectivity index (χ1v) is 5.33. The Kier molecular flexibility index (Phi) is 3.95. The van der Waals surface area contributed by atoms with Gasteiger partial charge in [0.15, 0.2) is 0 Å². The van der Waals surface area contributed by atoms with Crippen molar-refractivity contribution in [1.82, 2.24) is 9.78 Å². The van der Waals surface area contributed by atoms with Gasteiger partial charge in [0.25, 0.3) is 0 Å². The van der Waals surface area contributed by atoms with Gasteiger partial charge in [-0.25, -0.2) is 9.48 Å². The Balaban J connectivity index is 3.22. The predicted octanol–water partition coefficient (Wildman–Crippen LogP) is 2.90. The van der Waals surface area contributed by atoms with Gasteiger partial charge in [0.05, 0.1) is 5.69 Å².